The molecule has 0 atom stereocenters. The third-order valence-corrected chi connectivity index (χ3v) is 4.72. The molecule has 0 amide bonds. The first kappa shape index (κ1) is 18.0. The molecule has 25 heavy (non-hydrogen) atoms. The number of pyridine rings is 1. The van der Waals surface area contributed by atoms with Gasteiger partial charge in [0.05, 0.1) is 10.9 Å². The molecule has 2 fully saturated rings. The number of hydrogen-bond donors (Lipinski definition) is 2. The molecule has 0 radical (unpaired) electrons. The Kier molecular flexibility index (Phi) is 4.66. The zero-order valence-corrected chi connectivity index (χ0v) is 14.5. The van der Waals surface area contributed by atoms with Crippen molar-refractivity contribution in [1.29, 1.82) is 0 Å². The number of ether oxygens (including phenoxy) is 1. The van der Waals surface area contributed by atoms with Crippen LogP contribution in [0.2, 0.25) is 5.02 Å². The van der Waals surface area contributed by atoms with Crippen molar-refractivity contribution in [3.63, 3.8) is 0 Å². The van der Waals surface area contributed by atoms with Crippen LogP contribution < -0.4 is 15.5 Å². The minimum Gasteiger partial charge on any atom is -0.483 e. The van der Waals surface area contributed by atoms with Gasteiger partial charge in [-0.05, 0) is 18.9 Å². The molecule has 1 aromatic carbocycles. The molecular formula is C16H15Cl2FN2O4. The van der Waals surface area contributed by atoms with Crippen LogP contribution >= 0.6 is 24.0 Å². The van der Waals surface area contributed by atoms with Gasteiger partial charge >= 0.3 is 5.97 Å². The lowest BCUT2D eigenvalue weighted by molar-refractivity contribution is 0.0695. The van der Waals surface area contributed by atoms with Crippen LogP contribution in [0.3, 0.4) is 0 Å². The first-order chi connectivity index (χ1) is 11.5. The number of hydrogen-bond acceptors (Lipinski definition) is 4. The monoisotopic (exact) mass is 388 g/mol. The third-order valence-electron chi connectivity index (χ3n) is 4.37. The highest BCUT2D eigenvalue weighted by Gasteiger charge is 2.30. The van der Waals surface area contributed by atoms with Gasteiger partial charge < -0.3 is 19.7 Å². The number of carboxylic acid groups (broad SMARTS) is 1. The Morgan fingerprint density at radius 3 is 2.60 bits per heavy atom. The maximum absolute atomic E-state index is 14.4. The summed E-state index contributed by atoms with van der Waals surface area (Å²) < 4.78 is 21.7. The van der Waals surface area contributed by atoms with E-state index in [1.54, 1.807) is 4.57 Å². The minimum absolute atomic E-state index is 0. The fourth-order valence-electron chi connectivity index (χ4n) is 2.84. The summed E-state index contributed by atoms with van der Waals surface area (Å²) in [6.45, 7) is 1.20. The van der Waals surface area contributed by atoms with Gasteiger partial charge in [0.15, 0.2) is 11.6 Å². The fourth-order valence-corrected chi connectivity index (χ4v) is 3.17. The molecule has 1 aliphatic carbocycles. The molecule has 1 saturated heterocycles. The van der Waals surface area contributed by atoms with E-state index in [9.17, 15) is 19.1 Å². The molecule has 2 N–H and O–H groups in total. The number of fused-ring (bicyclic) bond motifs is 1. The van der Waals surface area contributed by atoms with Gasteiger partial charge in [-0.15, -0.1) is 12.4 Å². The van der Waals surface area contributed by atoms with E-state index in [-0.39, 0.29) is 46.3 Å². The first-order valence-electron chi connectivity index (χ1n) is 7.65. The lowest BCUT2D eigenvalue weighted by Crippen LogP contribution is -2.50. The summed E-state index contributed by atoms with van der Waals surface area (Å²) in [6.07, 6.45) is 2.83. The van der Waals surface area contributed by atoms with Gasteiger partial charge in [0, 0.05) is 25.3 Å². The number of aromatic carboxylic acids is 1. The molecule has 9 heteroatoms. The molecule has 4 rings (SSSR count). The molecular weight excluding hydrogens is 374 g/mol. The normalized spacial score (nSPS) is 17.0. The second kappa shape index (κ2) is 6.48. The van der Waals surface area contributed by atoms with Crippen LogP contribution in [0.5, 0.6) is 5.75 Å². The molecule has 1 saturated carbocycles. The molecule has 134 valence electrons. The van der Waals surface area contributed by atoms with E-state index >= 15 is 0 Å². The van der Waals surface area contributed by atoms with Crippen LogP contribution in [0.1, 0.15) is 29.2 Å². The number of nitrogens with zero attached hydrogens (tertiary/aromatic N) is 1. The SMILES string of the molecule is Cl.O=C(O)c1cn(C2CC2)c2c(Cl)c(OC3CNC3)c(F)cc2c1=O. The molecule has 1 aromatic heterocycles. The fraction of sp³-hybridized carbons (Fsp3) is 0.375. The number of carbonyl (C=O) groups is 1. The van der Waals surface area contributed by atoms with E-state index in [1.165, 1.54) is 6.20 Å². The molecule has 2 aliphatic rings. The van der Waals surface area contributed by atoms with Crippen molar-refractivity contribution < 1.29 is 19.0 Å². The Morgan fingerprint density at radius 1 is 1.40 bits per heavy atom. The molecule has 6 nitrogen and oxygen atoms in total. The lowest BCUT2D eigenvalue weighted by atomic mass is 10.1. The summed E-state index contributed by atoms with van der Waals surface area (Å²) in [5, 5.41) is 12.2. The van der Waals surface area contributed by atoms with Crippen molar-refractivity contribution in [1.82, 2.24) is 9.88 Å². The Morgan fingerprint density at radius 2 is 2.08 bits per heavy atom. The summed E-state index contributed by atoms with van der Waals surface area (Å²) in [5.41, 5.74) is -0.799. The van der Waals surface area contributed by atoms with Gasteiger partial charge in [0.2, 0.25) is 5.43 Å². The predicted molar refractivity (Wildman–Crippen MR) is 92.9 cm³/mol. The summed E-state index contributed by atoms with van der Waals surface area (Å²) in [4.78, 5) is 23.7. The average molecular weight is 389 g/mol. The third kappa shape index (κ3) is 2.96. The number of halogens is 3. The Bertz CT molecular complexity index is 923. The quantitative estimate of drug-likeness (QED) is 0.841. The average Bonchev–Trinajstić information content (AvgIpc) is 3.30. The number of rotatable bonds is 4. The van der Waals surface area contributed by atoms with Crippen LogP contribution in [0.4, 0.5) is 4.39 Å². The minimum atomic E-state index is -1.34. The van der Waals surface area contributed by atoms with Crippen molar-refractivity contribution in [2.45, 2.75) is 25.0 Å². The van der Waals surface area contributed by atoms with Crippen LogP contribution in [0.25, 0.3) is 10.9 Å². The molecule has 2 heterocycles. The van der Waals surface area contributed by atoms with Gasteiger partial charge in [-0.25, -0.2) is 9.18 Å². The summed E-state index contributed by atoms with van der Waals surface area (Å²) in [6, 6.07) is 1.09. The number of nitrogens with one attached hydrogen (secondary N) is 1. The molecule has 2 aromatic rings. The number of carboxylic acids is 1. The van der Waals surface area contributed by atoms with Gasteiger partial charge in [0.25, 0.3) is 0 Å². The van der Waals surface area contributed by atoms with E-state index < -0.39 is 17.2 Å². The van der Waals surface area contributed by atoms with Crippen molar-refractivity contribution in [3.05, 3.63) is 38.9 Å². The highest BCUT2D eigenvalue weighted by Crippen LogP contribution is 2.42. The Labute approximate surface area is 152 Å². The molecule has 0 bridgehead atoms. The van der Waals surface area contributed by atoms with Gasteiger partial charge in [-0.2, -0.15) is 0 Å². The van der Waals surface area contributed by atoms with Crippen LogP contribution in [0.15, 0.2) is 17.1 Å². The standard InChI is InChI=1S/C16H14ClFN2O4.ClH/c17-12-13-9(3-11(18)15(12)24-8-4-19-5-8)14(21)10(16(22)23)6-20(13)7-1-2-7;/h3,6-8,19H,1-2,4-5H2,(H,22,23);1H. The highest BCUT2D eigenvalue weighted by molar-refractivity contribution is 6.36. The van der Waals surface area contributed by atoms with E-state index in [0.29, 0.717) is 18.6 Å². The second-order valence-electron chi connectivity index (χ2n) is 6.11. The molecule has 0 unspecified atom stereocenters. The summed E-state index contributed by atoms with van der Waals surface area (Å²) in [7, 11) is 0. The molecule has 0 spiro atoms. The number of aromatic nitrogens is 1. The second-order valence-corrected chi connectivity index (χ2v) is 6.49. The lowest BCUT2D eigenvalue weighted by Gasteiger charge is -2.28. The first-order valence-corrected chi connectivity index (χ1v) is 8.02. The van der Waals surface area contributed by atoms with E-state index in [4.69, 9.17) is 16.3 Å². The van der Waals surface area contributed by atoms with E-state index in [2.05, 4.69) is 5.32 Å². The van der Waals surface area contributed by atoms with Crippen LogP contribution in [-0.2, 0) is 0 Å². The Balaban J connectivity index is 0.00000182. The maximum atomic E-state index is 14.4. The predicted octanol–water partition coefficient (Wildman–Crippen LogP) is 2.60. The summed E-state index contributed by atoms with van der Waals surface area (Å²) >= 11 is 6.36. The zero-order valence-electron chi connectivity index (χ0n) is 12.9. The topological polar surface area (TPSA) is 80.6 Å². The van der Waals surface area contributed by atoms with Gasteiger partial charge in [-0.3, -0.25) is 4.79 Å². The van der Waals surface area contributed by atoms with Gasteiger partial charge in [-0.1, -0.05) is 11.6 Å². The van der Waals surface area contributed by atoms with E-state index in [0.717, 1.165) is 18.9 Å². The highest BCUT2D eigenvalue weighted by atomic mass is 35.5. The van der Waals surface area contributed by atoms with Crippen molar-refractivity contribution in [3.8, 4) is 5.75 Å². The number of benzene rings is 1. The zero-order chi connectivity index (χ0) is 17.0. The van der Waals surface area contributed by atoms with Crippen LogP contribution in [-0.4, -0.2) is 34.8 Å². The maximum Gasteiger partial charge on any atom is 0.341 e. The van der Waals surface area contributed by atoms with Gasteiger partial charge in [0.1, 0.15) is 16.7 Å². The summed E-state index contributed by atoms with van der Waals surface area (Å²) in [5.74, 6) is -2.19. The largest absolute Gasteiger partial charge is 0.483 e. The van der Waals surface area contributed by atoms with E-state index in [1.807, 2.05) is 0 Å². The Hall–Kier alpha value is -1.83. The van der Waals surface area contributed by atoms with Crippen LogP contribution in [0, 0.1) is 5.82 Å². The smallest absolute Gasteiger partial charge is 0.341 e. The molecule has 1 aliphatic heterocycles. The van der Waals surface area contributed by atoms with Crippen molar-refractivity contribution >= 4 is 40.9 Å². The van der Waals surface area contributed by atoms with Crippen molar-refractivity contribution in [2.24, 2.45) is 0 Å². The van der Waals surface area contributed by atoms with Crippen molar-refractivity contribution in [2.75, 3.05) is 13.1 Å².